The Bertz CT molecular complexity index is 421. The molecule has 0 aliphatic heterocycles. The van der Waals surface area contributed by atoms with Crippen LogP contribution in [0.3, 0.4) is 0 Å². The fourth-order valence-corrected chi connectivity index (χ4v) is 2.01. The number of unbranched alkanes of at least 4 members (excludes halogenated alkanes) is 3. The summed E-state index contributed by atoms with van der Waals surface area (Å²) in [4.78, 5) is 10.7. The molecule has 4 heteroatoms. The topological polar surface area (TPSA) is 49.3 Å². The summed E-state index contributed by atoms with van der Waals surface area (Å²) in [7, 11) is 0. The van der Waals surface area contributed by atoms with Crippen LogP contribution >= 0.6 is 0 Å². The second kappa shape index (κ2) is 7.77. The van der Waals surface area contributed by atoms with E-state index in [2.05, 4.69) is 19.2 Å². The van der Waals surface area contributed by atoms with Gasteiger partial charge in [0.05, 0.1) is 5.56 Å². The Morgan fingerprint density at radius 3 is 2.68 bits per heavy atom. The monoisotopic (exact) mass is 267 g/mol. The van der Waals surface area contributed by atoms with E-state index in [9.17, 15) is 9.18 Å². The van der Waals surface area contributed by atoms with E-state index in [-0.39, 0.29) is 11.6 Å². The normalized spacial score (nSPS) is 12.2. The highest BCUT2D eigenvalue weighted by atomic mass is 19.1. The summed E-state index contributed by atoms with van der Waals surface area (Å²) in [5, 5.41) is 11.9. The number of carboxylic acid groups (broad SMARTS) is 1. The van der Waals surface area contributed by atoms with E-state index in [0.717, 1.165) is 12.8 Å². The van der Waals surface area contributed by atoms with Gasteiger partial charge in [-0.25, -0.2) is 9.18 Å². The zero-order valence-corrected chi connectivity index (χ0v) is 11.6. The lowest BCUT2D eigenvalue weighted by Gasteiger charge is -2.15. The molecule has 0 fully saturated rings. The van der Waals surface area contributed by atoms with Gasteiger partial charge >= 0.3 is 5.97 Å². The maximum absolute atomic E-state index is 13.5. The smallest absolute Gasteiger partial charge is 0.338 e. The molecule has 1 aromatic carbocycles. The minimum Gasteiger partial charge on any atom is -0.478 e. The Labute approximate surface area is 113 Å². The number of carbonyl (C=O) groups is 1. The predicted molar refractivity (Wildman–Crippen MR) is 75.2 cm³/mol. The number of hydrogen-bond donors (Lipinski definition) is 2. The minimum absolute atomic E-state index is 0.256. The van der Waals surface area contributed by atoms with Gasteiger partial charge in [-0.3, -0.25) is 0 Å². The van der Waals surface area contributed by atoms with Crippen molar-refractivity contribution in [2.45, 2.75) is 52.0 Å². The van der Waals surface area contributed by atoms with E-state index in [4.69, 9.17) is 5.11 Å². The first-order valence-corrected chi connectivity index (χ1v) is 6.84. The first kappa shape index (κ1) is 15.5. The lowest BCUT2D eigenvalue weighted by Crippen LogP contribution is -2.15. The van der Waals surface area contributed by atoms with E-state index in [1.165, 1.54) is 31.4 Å². The van der Waals surface area contributed by atoms with E-state index < -0.39 is 11.8 Å². The van der Waals surface area contributed by atoms with Crippen molar-refractivity contribution >= 4 is 11.7 Å². The SMILES string of the molecule is CCCCCCC(C)Nc1ccc(C(=O)O)c(F)c1. The molecule has 1 rings (SSSR count). The Hall–Kier alpha value is -1.58. The van der Waals surface area contributed by atoms with Crippen LogP contribution in [0.25, 0.3) is 0 Å². The van der Waals surface area contributed by atoms with E-state index in [1.807, 2.05) is 0 Å². The summed E-state index contributed by atoms with van der Waals surface area (Å²) in [5.41, 5.74) is 0.339. The van der Waals surface area contributed by atoms with Gasteiger partial charge in [0.25, 0.3) is 0 Å². The fourth-order valence-electron chi connectivity index (χ4n) is 2.01. The average Bonchev–Trinajstić information content (AvgIpc) is 2.34. The molecular weight excluding hydrogens is 245 g/mol. The standard InChI is InChI=1S/C15H22FNO2/c1-3-4-5-6-7-11(2)17-12-8-9-13(15(18)19)14(16)10-12/h8-11,17H,3-7H2,1-2H3,(H,18,19). The quantitative estimate of drug-likeness (QED) is 0.691. The largest absolute Gasteiger partial charge is 0.478 e. The molecule has 0 aromatic heterocycles. The molecule has 19 heavy (non-hydrogen) atoms. The van der Waals surface area contributed by atoms with Crippen LogP contribution in [0.2, 0.25) is 0 Å². The van der Waals surface area contributed by atoms with Gasteiger partial charge in [-0.1, -0.05) is 32.6 Å². The third-order valence-corrected chi connectivity index (χ3v) is 3.10. The molecule has 0 radical (unpaired) electrons. The molecule has 3 nitrogen and oxygen atoms in total. The zero-order chi connectivity index (χ0) is 14.3. The molecule has 0 bridgehead atoms. The van der Waals surface area contributed by atoms with Crippen molar-refractivity contribution in [2.24, 2.45) is 0 Å². The fraction of sp³-hybridized carbons (Fsp3) is 0.533. The lowest BCUT2D eigenvalue weighted by atomic mass is 10.1. The summed E-state index contributed by atoms with van der Waals surface area (Å²) < 4.78 is 13.5. The summed E-state index contributed by atoms with van der Waals surface area (Å²) >= 11 is 0. The Balaban J connectivity index is 2.48. The molecule has 0 aliphatic rings. The molecule has 0 saturated carbocycles. The van der Waals surface area contributed by atoms with Crippen LogP contribution in [0, 0.1) is 5.82 Å². The molecule has 0 heterocycles. The van der Waals surface area contributed by atoms with Crippen molar-refractivity contribution in [3.8, 4) is 0 Å². The molecule has 2 N–H and O–H groups in total. The second-order valence-electron chi connectivity index (χ2n) is 4.89. The van der Waals surface area contributed by atoms with Crippen molar-refractivity contribution in [3.05, 3.63) is 29.6 Å². The van der Waals surface area contributed by atoms with Crippen LogP contribution in [0.1, 0.15) is 56.3 Å². The number of benzene rings is 1. The zero-order valence-electron chi connectivity index (χ0n) is 11.6. The van der Waals surface area contributed by atoms with Crippen LogP contribution in [0.15, 0.2) is 18.2 Å². The molecule has 0 aliphatic carbocycles. The number of carboxylic acids is 1. The van der Waals surface area contributed by atoms with Crippen molar-refractivity contribution in [2.75, 3.05) is 5.32 Å². The maximum Gasteiger partial charge on any atom is 0.338 e. The van der Waals surface area contributed by atoms with Gasteiger partial charge in [-0.2, -0.15) is 0 Å². The highest BCUT2D eigenvalue weighted by Gasteiger charge is 2.11. The number of nitrogens with one attached hydrogen (secondary N) is 1. The van der Waals surface area contributed by atoms with Crippen molar-refractivity contribution in [1.82, 2.24) is 0 Å². The lowest BCUT2D eigenvalue weighted by molar-refractivity contribution is 0.0692. The first-order chi connectivity index (χ1) is 9.04. The van der Waals surface area contributed by atoms with Crippen LogP contribution in [0.5, 0.6) is 0 Å². The van der Waals surface area contributed by atoms with Crippen molar-refractivity contribution in [3.63, 3.8) is 0 Å². The summed E-state index contributed by atoms with van der Waals surface area (Å²) in [5.74, 6) is -1.94. The van der Waals surface area contributed by atoms with Gasteiger partial charge < -0.3 is 10.4 Å². The highest BCUT2D eigenvalue weighted by molar-refractivity contribution is 5.88. The van der Waals surface area contributed by atoms with Crippen LogP contribution in [-0.2, 0) is 0 Å². The summed E-state index contributed by atoms with van der Waals surface area (Å²) in [6.07, 6.45) is 5.85. The Morgan fingerprint density at radius 2 is 2.11 bits per heavy atom. The van der Waals surface area contributed by atoms with Gasteiger partial charge in [0.15, 0.2) is 0 Å². The van der Waals surface area contributed by atoms with Crippen LogP contribution in [0.4, 0.5) is 10.1 Å². The molecule has 1 aromatic rings. The van der Waals surface area contributed by atoms with Gasteiger partial charge in [-0.05, 0) is 31.5 Å². The third-order valence-electron chi connectivity index (χ3n) is 3.10. The molecular formula is C15H22FNO2. The third kappa shape index (κ3) is 5.28. The number of halogens is 1. The highest BCUT2D eigenvalue weighted by Crippen LogP contribution is 2.17. The van der Waals surface area contributed by atoms with Gasteiger partial charge in [0, 0.05) is 11.7 Å². The van der Waals surface area contributed by atoms with E-state index >= 15 is 0 Å². The van der Waals surface area contributed by atoms with E-state index in [1.54, 1.807) is 6.07 Å². The average molecular weight is 267 g/mol. The Morgan fingerprint density at radius 1 is 1.37 bits per heavy atom. The molecule has 106 valence electrons. The second-order valence-corrected chi connectivity index (χ2v) is 4.89. The predicted octanol–water partition coefficient (Wildman–Crippen LogP) is 4.29. The number of aromatic carboxylic acids is 1. The summed E-state index contributed by atoms with van der Waals surface area (Å²) in [6.45, 7) is 4.23. The Kier molecular flexibility index (Phi) is 6.33. The number of hydrogen-bond acceptors (Lipinski definition) is 2. The van der Waals surface area contributed by atoms with Crippen LogP contribution < -0.4 is 5.32 Å². The number of anilines is 1. The number of rotatable bonds is 8. The summed E-state index contributed by atoms with van der Waals surface area (Å²) in [6, 6.07) is 4.40. The van der Waals surface area contributed by atoms with Crippen LogP contribution in [-0.4, -0.2) is 17.1 Å². The molecule has 1 unspecified atom stereocenters. The molecule has 0 spiro atoms. The van der Waals surface area contributed by atoms with Gasteiger partial charge in [0.1, 0.15) is 5.82 Å². The first-order valence-electron chi connectivity index (χ1n) is 6.84. The minimum atomic E-state index is -1.24. The van der Waals surface area contributed by atoms with Crippen molar-refractivity contribution < 1.29 is 14.3 Å². The van der Waals surface area contributed by atoms with Crippen molar-refractivity contribution in [1.29, 1.82) is 0 Å². The van der Waals surface area contributed by atoms with Gasteiger partial charge in [-0.15, -0.1) is 0 Å². The molecule has 0 saturated heterocycles. The van der Waals surface area contributed by atoms with E-state index in [0.29, 0.717) is 5.69 Å². The maximum atomic E-state index is 13.5. The molecule has 1 atom stereocenters. The van der Waals surface area contributed by atoms with Gasteiger partial charge in [0.2, 0.25) is 0 Å². The molecule has 0 amide bonds.